The summed E-state index contributed by atoms with van der Waals surface area (Å²) in [6.45, 7) is 6.95. The molecule has 0 bridgehead atoms. The number of H-pyrrole nitrogens is 1. The SMILES string of the molecule is CCc1[nH]c(C)nc1C(=O)NC1CN(C(=O)c2cccc(C#N)c2)CCC1C. The van der Waals surface area contributed by atoms with Crippen LogP contribution in [0.1, 0.15) is 58.2 Å². The van der Waals surface area contributed by atoms with E-state index in [1.165, 1.54) is 0 Å². The molecule has 1 aromatic heterocycles. The van der Waals surface area contributed by atoms with Gasteiger partial charge in [0, 0.05) is 30.4 Å². The topological polar surface area (TPSA) is 102 Å². The number of carbonyl (C=O) groups is 2. The number of nitrogens with zero attached hydrogens (tertiary/aromatic N) is 3. The van der Waals surface area contributed by atoms with Crippen LogP contribution in [0.25, 0.3) is 0 Å². The van der Waals surface area contributed by atoms with Crippen LogP contribution in [-0.4, -0.2) is 45.8 Å². The van der Waals surface area contributed by atoms with E-state index in [4.69, 9.17) is 5.26 Å². The summed E-state index contributed by atoms with van der Waals surface area (Å²) in [4.78, 5) is 34.8. The number of nitrogens with one attached hydrogen (secondary N) is 2. The number of piperidine rings is 1. The van der Waals surface area contributed by atoms with Crippen LogP contribution in [0.3, 0.4) is 0 Å². The van der Waals surface area contributed by atoms with Crippen LogP contribution in [0.2, 0.25) is 0 Å². The molecular weight excluding hydrogens is 354 g/mol. The Balaban J connectivity index is 1.72. The minimum Gasteiger partial charge on any atom is -0.346 e. The molecule has 0 aliphatic carbocycles. The summed E-state index contributed by atoms with van der Waals surface area (Å²) in [6.07, 6.45) is 1.50. The van der Waals surface area contributed by atoms with Crippen molar-refractivity contribution in [2.75, 3.05) is 13.1 Å². The van der Waals surface area contributed by atoms with Crippen molar-refractivity contribution in [3.8, 4) is 6.07 Å². The van der Waals surface area contributed by atoms with Gasteiger partial charge >= 0.3 is 0 Å². The largest absolute Gasteiger partial charge is 0.346 e. The number of aryl methyl sites for hydroxylation is 2. The summed E-state index contributed by atoms with van der Waals surface area (Å²) < 4.78 is 0. The molecule has 0 saturated carbocycles. The number of imidazole rings is 1. The zero-order valence-electron chi connectivity index (χ0n) is 16.5. The van der Waals surface area contributed by atoms with Crippen molar-refractivity contribution in [2.24, 2.45) is 5.92 Å². The second-order valence-corrected chi connectivity index (χ2v) is 7.29. The number of aromatic nitrogens is 2. The second kappa shape index (κ2) is 8.26. The van der Waals surface area contributed by atoms with E-state index in [1.807, 2.05) is 13.8 Å². The Kier molecular flexibility index (Phi) is 5.78. The van der Waals surface area contributed by atoms with Crippen molar-refractivity contribution in [3.63, 3.8) is 0 Å². The van der Waals surface area contributed by atoms with E-state index in [9.17, 15) is 9.59 Å². The number of carbonyl (C=O) groups excluding carboxylic acids is 2. The highest BCUT2D eigenvalue weighted by atomic mass is 16.2. The highest BCUT2D eigenvalue weighted by Crippen LogP contribution is 2.20. The Hall–Kier alpha value is -3.14. The van der Waals surface area contributed by atoms with Crippen LogP contribution in [0, 0.1) is 24.2 Å². The van der Waals surface area contributed by atoms with Crippen molar-refractivity contribution in [1.82, 2.24) is 20.2 Å². The molecule has 3 rings (SSSR count). The van der Waals surface area contributed by atoms with E-state index >= 15 is 0 Å². The normalized spacial score (nSPS) is 19.1. The van der Waals surface area contributed by atoms with Crippen LogP contribution >= 0.6 is 0 Å². The number of nitriles is 1. The summed E-state index contributed by atoms with van der Waals surface area (Å²) in [5.74, 6) is 0.642. The first-order valence-corrected chi connectivity index (χ1v) is 9.58. The van der Waals surface area contributed by atoms with Gasteiger partial charge in [-0.15, -0.1) is 0 Å². The first-order chi connectivity index (χ1) is 13.4. The van der Waals surface area contributed by atoms with Gasteiger partial charge in [-0.25, -0.2) is 4.98 Å². The fraction of sp³-hybridized carbons (Fsp3) is 0.429. The monoisotopic (exact) mass is 379 g/mol. The van der Waals surface area contributed by atoms with E-state index in [2.05, 4.69) is 28.3 Å². The Morgan fingerprint density at radius 2 is 2.21 bits per heavy atom. The van der Waals surface area contributed by atoms with Gasteiger partial charge in [0.2, 0.25) is 0 Å². The van der Waals surface area contributed by atoms with Crippen LogP contribution in [0.5, 0.6) is 0 Å². The van der Waals surface area contributed by atoms with Crippen LogP contribution in [-0.2, 0) is 6.42 Å². The third kappa shape index (κ3) is 4.06. The van der Waals surface area contributed by atoms with E-state index in [0.29, 0.717) is 42.2 Å². The zero-order chi connectivity index (χ0) is 20.3. The van der Waals surface area contributed by atoms with Gasteiger partial charge in [0.1, 0.15) is 11.5 Å². The maximum atomic E-state index is 12.9. The van der Waals surface area contributed by atoms with Gasteiger partial charge in [-0.1, -0.05) is 19.9 Å². The van der Waals surface area contributed by atoms with Gasteiger partial charge < -0.3 is 15.2 Å². The fourth-order valence-corrected chi connectivity index (χ4v) is 3.57. The minimum absolute atomic E-state index is 0.117. The third-order valence-electron chi connectivity index (χ3n) is 5.27. The average molecular weight is 379 g/mol. The number of likely N-dealkylation sites (tertiary alicyclic amines) is 1. The molecule has 2 heterocycles. The average Bonchev–Trinajstić information content (AvgIpc) is 3.10. The van der Waals surface area contributed by atoms with Crippen LogP contribution < -0.4 is 5.32 Å². The molecule has 28 heavy (non-hydrogen) atoms. The number of aromatic amines is 1. The van der Waals surface area contributed by atoms with Gasteiger partial charge in [0.15, 0.2) is 0 Å². The van der Waals surface area contributed by atoms with E-state index in [-0.39, 0.29) is 23.8 Å². The Morgan fingerprint density at radius 1 is 1.43 bits per heavy atom. The first-order valence-electron chi connectivity index (χ1n) is 9.58. The van der Waals surface area contributed by atoms with Gasteiger partial charge in [0.05, 0.1) is 11.6 Å². The molecule has 2 aromatic rings. The number of benzene rings is 1. The number of rotatable bonds is 4. The standard InChI is InChI=1S/C21H25N5O2/c1-4-17-19(24-14(3)23-17)20(27)25-18-12-26(9-8-13(18)2)21(28)16-7-5-6-15(10-16)11-22/h5-7,10,13,18H,4,8-9,12H2,1-3H3,(H,23,24)(H,25,27). The lowest BCUT2D eigenvalue weighted by Gasteiger charge is -2.37. The van der Waals surface area contributed by atoms with Crippen LogP contribution in [0.15, 0.2) is 24.3 Å². The molecule has 7 nitrogen and oxygen atoms in total. The molecular formula is C21H25N5O2. The molecule has 1 aromatic carbocycles. The number of hydrogen-bond donors (Lipinski definition) is 2. The predicted octanol–water partition coefficient (Wildman–Crippen LogP) is 2.43. The summed E-state index contributed by atoms with van der Waals surface area (Å²) in [7, 11) is 0. The molecule has 2 unspecified atom stereocenters. The molecule has 146 valence electrons. The molecule has 1 aliphatic heterocycles. The minimum atomic E-state index is -0.209. The number of hydrogen-bond acceptors (Lipinski definition) is 4. The third-order valence-corrected chi connectivity index (χ3v) is 5.27. The lowest BCUT2D eigenvalue weighted by atomic mass is 9.92. The Morgan fingerprint density at radius 3 is 2.93 bits per heavy atom. The zero-order valence-corrected chi connectivity index (χ0v) is 16.5. The van der Waals surface area contributed by atoms with Gasteiger partial charge in [0.25, 0.3) is 11.8 Å². The smallest absolute Gasteiger partial charge is 0.272 e. The highest BCUT2D eigenvalue weighted by molar-refractivity contribution is 5.95. The maximum absolute atomic E-state index is 12.9. The van der Waals surface area contributed by atoms with Gasteiger partial charge in [-0.05, 0) is 43.9 Å². The molecule has 0 spiro atoms. The van der Waals surface area contributed by atoms with Gasteiger partial charge in [-0.3, -0.25) is 9.59 Å². The van der Waals surface area contributed by atoms with E-state index in [1.54, 1.807) is 29.2 Å². The Labute approximate surface area is 164 Å². The molecule has 2 atom stereocenters. The molecule has 1 fully saturated rings. The van der Waals surface area contributed by atoms with Crippen molar-refractivity contribution in [3.05, 3.63) is 52.6 Å². The molecule has 0 radical (unpaired) electrons. The molecule has 7 heteroatoms. The molecule has 1 aliphatic rings. The highest BCUT2D eigenvalue weighted by Gasteiger charge is 2.31. The second-order valence-electron chi connectivity index (χ2n) is 7.29. The van der Waals surface area contributed by atoms with Crippen molar-refractivity contribution in [1.29, 1.82) is 5.26 Å². The molecule has 2 N–H and O–H groups in total. The summed E-state index contributed by atoms with van der Waals surface area (Å²) in [6, 6.07) is 8.62. The van der Waals surface area contributed by atoms with E-state index < -0.39 is 0 Å². The van der Waals surface area contributed by atoms with Crippen molar-refractivity contribution in [2.45, 2.75) is 39.7 Å². The molecule has 2 amide bonds. The fourth-order valence-electron chi connectivity index (χ4n) is 3.57. The van der Waals surface area contributed by atoms with Crippen molar-refractivity contribution >= 4 is 11.8 Å². The number of amides is 2. The summed E-state index contributed by atoms with van der Waals surface area (Å²) in [5, 5.41) is 12.1. The predicted molar refractivity (Wildman–Crippen MR) is 105 cm³/mol. The summed E-state index contributed by atoms with van der Waals surface area (Å²) in [5.41, 5.74) is 2.20. The lowest BCUT2D eigenvalue weighted by molar-refractivity contribution is 0.0624. The van der Waals surface area contributed by atoms with Crippen LogP contribution in [0.4, 0.5) is 0 Å². The maximum Gasteiger partial charge on any atom is 0.272 e. The van der Waals surface area contributed by atoms with Gasteiger partial charge in [-0.2, -0.15) is 5.26 Å². The summed E-state index contributed by atoms with van der Waals surface area (Å²) >= 11 is 0. The van der Waals surface area contributed by atoms with Crippen molar-refractivity contribution < 1.29 is 9.59 Å². The lowest BCUT2D eigenvalue weighted by Crippen LogP contribution is -2.53. The first kappa shape index (κ1) is 19.6. The van der Waals surface area contributed by atoms with E-state index in [0.717, 1.165) is 12.1 Å². The molecule has 1 saturated heterocycles. The quantitative estimate of drug-likeness (QED) is 0.852. The Bertz CT molecular complexity index is 927.